The van der Waals surface area contributed by atoms with E-state index in [1.165, 1.54) is 128 Å². The summed E-state index contributed by atoms with van der Waals surface area (Å²) in [7, 11) is 1.61. The molecule has 10 heterocycles. The average Bonchev–Trinajstić information content (AvgIpc) is 4.09. The lowest BCUT2D eigenvalue weighted by atomic mass is 9.99. The number of hydrogen-bond donors (Lipinski definition) is 0. The first-order chi connectivity index (χ1) is 30.1. The van der Waals surface area contributed by atoms with Gasteiger partial charge in [0.05, 0.1) is 20.9 Å². The van der Waals surface area contributed by atoms with Gasteiger partial charge in [0.15, 0.2) is 0 Å². The van der Waals surface area contributed by atoms with E-state index in [1.54, 1.807) is 41.1 Å². The molecule has 1 aliphatic rings. The molecule has 0 radical (unpaired) electrons. The molecule has 2 amide bonds. The van der Waals surface area contributed by atoms with Gasteiger partial charge in [0.25, 0.3) is 11.8 Å². The molecule has 0 atom stereocenters. The lowest BCUT2D eigenvalue weighted by molar-refractivity contribution is 0.0693. The second-order valence-electron chi connectivity index (χ2n) is 16.8. The zero-order valence-electron chi connectivity index (χ0n) is 36.6. The molecule has 316 valence electrons. The predicted molar refractivity (Wildman–Crippen MR) is 284 cm³/mol. The van der Waals surface area contributed by atoms with Gasteiger partial charge in [-0.25, -0.2) is 0 Å². The van der Waals surface area contributed by atoms with Gasteiger partial charge in [-0.15, -0.1) is 102 Å². The number of carbonyl (C=O) groups excluding carboxylic acids is 2. The summed E-state index contributed by atoms with van der Waals surface area (Å²) in [5.41, 5.74) is 11.5. The normalized spacial score (nSPS) is 13.0. The van der Waals surface area contributed by atoms with Crippen molar-refractivity contribution in [3.05, 3.63) is 113 Å². The van der Waals surface area contributed by atoms with Crippen LogP contribution in [0.1, 0.15) is 73.6 Å². The van der Waals surface area contributed by atoms with Crippen molar-refractivity contribution in [1.29, 1.82) is 0 Å². The van der Waals surface area contributed by atoms with Crippen molar-refractivity contribution < 1.29 is 9.59 Å². The van der Waals surface area contributed by atoms with Crippen molar-refractivity contribution in [2.24, 2.45) is 0 Å². The van der Waals surface area contributed by atoms with Crippen LogP contribution in [0.3, 0.4) is 0 Å². The number of aryl methyl sites for hydroxylation is 10. The highest BCUT2D eigenvalue weighted by atomic mass is 32.1. The minimum Gasteiger partial charge on any atom is -0.277 e. The van der Waals surface area contributed by atoms with Gasteiger partial charge in [-0.2, -0.15) is 0 Å². The Morgan fingerprint density at radius 3 is 1.24 bits per heavy atom. The van der Waals surface area contributed by atoms with Gasteiger partial charge in [-0.05, 0) is 151 Å². The standard InChI is InChI=1S/C51H41NO2S9/c1-20-14-34(58-29(20)10)48-39-40(51(54)52(11)50(39)53)49(63-48)35-17-23(4)41(61-35)36-19-31-38(33-16-25(6)45(60-33)43-22(3)13-27(8)56-43)46-30(18-28(9)57-46)37(47(31)62-36)32-15-24(5)44(59-32)42-21(2)12-26(7)55-42/h12-19H,1-11H3. The molecule has 9 aromatic heterocycles. The fourth-order valence-corrected chi connectivity index (χ4v) is 20.4. The molecule has 0 saturated carbocycles. The van der Waals surface area contributed by atoms with Crippen LogP contribution in [0.15, 0.2) is 48.5 Å². The average molecular weight is 988 g/mol. The molecule has 11 rings (SSSR count). The Morgan fingerprint density at radius 2 is 0.730 bits per heavy atom. The third-order valence-corrected chi connectivity index (χ3v) is 23.6. The smallest absolute Gasteiger partial charge is 0.262 e. The maximum Gasteiger partial charge on any atom is 0.262 e. The first kappa shape index (κ1) is 41.9. The number of hydrogen-bond acceptors (Lipinski definition) is 11. The van der Waals surface area contributed by atoms with Crippen molar-refractivity contribution in [3.63, 3.8) is 0 Å². The van der Waals surface area contributed by atoms with Gasteiger partial charge in [0.2, 0.25) is 0 Å². The highest BCUT2D eigenvalue weighted by Crippen LogP contribution is 2.57. The van der Waals surface area contributed by atoms with Gasteiger partial charge in [-0.1, -0.05) is 0 Å². The lowest BCUT2D eigenvalue weighted by Crippen LogP contribution is -2.24. The van der Waals surface area contributed by atoms with Gasteiger partial charge >= 0.3 is 0 Å². The zero-order chi connectivity index (χ0) is 44.1. The Balaban J connectivity index is 1.15. The van der Waals surface area contributed by atoms with Crippen LogP contribution >= 0.6 is 102 Å². The Hall–Kier alpha value is -3.82. The van der Waals surface area contributed by atoms with Crippen molar-refractivity contribution in [3.8, 4) is 69.7 Å². The minimum absolute atomic E-state index is 0.211. The largest absolute Gasteiger partial charge is 0.277 e. The topological polar surface area (TPSA) is 37.4 Å². The third-order valence-electron chi connectivity index (χ3n) is 12.1. The van der Waals surface area contributed by atoms with Crippen LogP contribution in [0.5, 0.6) is 0 Å². The summed E-state index contributed by atoms with van der Waals surface area (Å²) >= 11 is 16.5. The van der Waals surface area contributed by atoms with Crippen LogP contribution in [-0.2, 0) is 0 Å². The molecule has 0 fully saturated rings. The number of benzene rings is 1. The molecule has 0 saturated heterocycles. The fraction of sp³-hybridized carbons (Fsp3) is 0.216. The molecular formula is C51H41NO2S9. The summed E-state index contributed by atoms with van der Waals surface area (Å²) in [6.07, 6.45) is 0. The van der Waals surface area contributed by atoms with Crippen molar-refractivity contribution in [2.75, 3.05) is 7.05 Å². The van der Waals surface area contributed by atoms with E-state index in [4.69, 9.17) is 0 Å². The number of thiophene rings is 9. The number of carbonyl (C=O) groups is 2. The summed E-state index contributed by atoms with van der Waals surface area (Å²) in [6, 6.07) is 18.8. The number of rotatable bonds is 7. The zero-order valence-corrected chi connectivity index (χ0v) is 43.9. The first-order valence-electron chi connectivity index (χ1n) is 20.6. The summed E-state index contributed by atoms with van der Waals surface area (Å²) < 4.78 is 2.66. The highest BCUT2D eigenvalue weighted by Gasteiger charge is 2.41. The molecule has 1 aliphatic heterocycles. The molecule has 0 N–H and O–H groups in total. The van der Waals surface area contributed by atoms with Crippen molar-refractivity contribution in [2.45, 2.75) is 69.2 Å². The van der Waals surface area contributed by atoms with Crippen LogP contribution in [-0.4, -0.2) is 23.8 Å². The maximum absolute atomic E-state index is 13.9. The SMILES string of the molecule is Cc1cc(C)c(-c2sc(-c3c4cc(-c5sc(-c6sc(-c7cc(C)c(C)s7)c7c6C(=O)N(C)C7=O)cc5C)sc4c(-c4cc(C)c(-c5sc(C)cc5C)s4)c4cc(C)sc34)cc2C)s1. The summed E-state index contributed by atoms with van der Waals surface area (Å²) in [5.74, 6) is -0.425. The second-order valence-corrected chi connectivity index (χ2v) is 27.1. The minimum atomic E-state index is -0.214. The lowest BCUT2D eigenvalue weighted by Gasteiger charge is -2.09. The molecule has 10 aromatic rings. The van der Waals surface area contributed by atoms with E-state index in [1.807, 2.05) is 68.0 Å². The number of fused-ring (bicyclic) bond motifs is 3. The summed E-state index contributed by atoms with van der Waals surface area (Å²) in [4.78, 5) is 48.5. The molecule has 12 heteroatoms. The molecule has 0 aliphatic carbocycles. The van der Waals surface area contributed by atoms with E-state index in [9.17, 15) is 9.59 Å². The van der Waals surface area contributed by atoms with Gasteiger partial charge in [0, 0.05) is 107 Å². The molecule has 3 nitrogen and oxygen atoms in total. The Bertz CT molecular complexity index is 3420. The monoisotopic (exact) mass is 987 g/mol. The van der Waals surface area contributed by atoms with Crippen LogP contribution in [0.4, 0.5) is 0 Å². The Morgan fingerprint density at radius 1 is 0.333 bits per heavy atom. The Kier molecular flexibility index (Phi) is 10.0. The number of nitrogens with zero attached hydrogens (tertiary/aromatic N) is 1. The molecule has 1 aromatic carbocycles. The molecule has 63 heavy (non-hydrogen) atoms. The Labute approximate surface area is 403 Å². The van der Waals surface area contributed by atoms with Crippen LogP contribution in [0, 0.1) is 69.2 Å². The predicted octanol–water partition coefficient (Wildman–Crippen LogP) is 18.5. The quantitative estimate of drug-likeness (QED) is 0.149. The van der Waals surface area contributed by atoms with Gasteiger partial charge in [0.1, 0.15) is 0 Å². The van der Waals surface area contributed by atoms with Gasteiger partial charge < -0.3 is 0 Å². The van der Waals surface area contributed by atoms with Crippen LogP contribution < -0.4 is 0 Å². The summed E-state index contributed by atoms with van der Waals surface area (Å²) in [6.45, 7) is 22.1. The van der Waals surface area contributed by atoms with Crippen molar-refractivity contribution in [1.82, 2.24) is 4.90 Å². The van der Waals surface area contributed by atoms with Crippen LogP contribution in [0.2, 0.25) is 0 Å². The number of amides is 2. The van der Waals surface area contributed by atoms with E-state index < -0.39 is 0 Å². The fourth-order valence-electron chi connectivity index (χ4n) is 9.03. The number of imide groups is 1. The second kappa shape index (κ2) is 15.1. The molecule has 0 bridgehead atoms. The van der Waals surface area contributed by atoms with Crippen LogP contribution in [0.25, 0.3) is 89.8 Å². The maximum atomic E-state index is 13.9. The van der Waals surface area contributed by atoms with Gasteiger partial charge in [-0.3, -0.25) is 14.5 Å². The molecule has 0 unspecified atom stereocenters. The van der Waals surface area contributed by atoms with Crippen molar-refractivity contribution >= 4 is 134 Å². The van der Waals surface area contributed by atoms with E-state index in [0.717, 1.165) is 19.5 Å². The van der Waals surface area contributed by atoms with E-state index in [0.29, 0.717) is 11.1 Å². The third kappa shape index (κ3) is 6.49. The van der Waals surface area contributed by atoms with E-state index in [2.05, 4.69) is 118 Å². The highest BCUT2D eigenvalue weighted by molar-refractivity contribution is 7.31. The summed E-state index contributed by atoms with van der Waals surface area (Å²) in [5, 5.41) is 2.62. The molecular weight excluding hydrogens is 947 g/mol. The van der Waals surface area contributed by atoms with E-state index in [-0.39, 0.29) is 11.8 Å². The first-order valence-corrected chi connectivity index (χ1v) is 27.9. The molecule has 0 spiro atoms. The van der Waals surface area contributed by atoms with E-state index >= 15 is 0 Å².